The van der Waals surface area contributed by atoms with Gasteiger partial charge in [0.1, 0.15) is 5.82 Å². The Morgan fingerprint density at radius 3 is 2.72 bits per heavy atom. The van der Waals surface area contributed by atoms with Crippen molar-refractivity contribution in [1.29, 1.82) is 0 Å². The van der Waals surface area contributed by atoms with Gasteiger partial charge in [-0.3, -0.25) is 14.5 Å². The second-order valence-corrected chi connectivity index (χ2v) is 9.84. The molecule has 3 aliphatic heterocycles. The maximum atomic E-state index is 13.4. The van der Waals surface area contributed by atoms with Gasteiger partial charge in [0, 0.05) is 35.5 Å². The summed E-state index contributed by atoms with van der Waals surface area (Å²) in [6.45, 7) is 0.945. The fraction of sp³-hybridized carbons (Fsp3) is 0.333. The van der Waals surface area contributed by atoms with E-state index in [-0.39, 0.29) is 11.8 Å². The average molecular weight is 446 g/mol. The number of nitrogens with one attached hydrogen (secondary N) is 1. The minimum Gasteiger partial charge on any atom is -0.323 e. The third kappa shape index (κ3) is 2.97. The van der Waals surface area contributed by atoms with Crippen LogP contribution in [-0.2, 0) is 22.6 Å². The molecule has 1 atom stereocenters. The number of nitrogens with zero attached hydrogens (tertiary/aromatic N) is 4. The zero-order chi connectivity index (χ0) is 21.7. The minimum absolute atomic E-state index is 0.000414. The Bertz CT molecular complexity index is 1220. The smallest absolute Gasteiger partial charge is 0.261 e. The molecule has 1 saturated heterocycles. The van der Waals surface area contributed by atoms with Crippen LogP contribution in [0.25, 0.3) is 11.4 Å². The Hall–Kier alpha value is -3.13. The van der Waals surface area contributed by atoms with E-state index in [4.69, 9.17) is 0 Å². The molecule has 2 aromatic carbocycles. The molecule has 0 aliphatic carbocycles. The highest BCUT2D eigenvalue weighted by Crippen LogP contribution is 2.56. The van der Waals surface area contributed by atoms with Gasteiger partial charge in [0.05, 0.1) is 5.69 Å². The molecule has 1 aromatic heterocycles. The Labute approximate surface area is 190 Å². The van der Waals surface area contributed by atoms with Crippen molar-refractivity contribution in [2.24, 2.45) is 0 Å². The third-order valence-electron chi connectivity index (χ3n) is 6.54. The molecule has 162 valence electrons. The van der Waals surface area contributed by atoms with Gasteiger partial charge in [0.15, 0.2) is 10.7 Å². The molecule has 6 rings (SSSR count). The van der Waals surface area contributed by atoms with Crippen LogP contribution < -0.4 is 10.2 Å². The number of fused-ring (bicyclic) bond motifs is 4. The second-order valence-electron chi connectivity index (χ2n) is 8.52. The molecular formula is C24H23N5O2S. The summed E-state index contributed by atoms with van der Waals surface area (Å²) in [6, 6.07) is 15.5. The van der Waals surface area contributed by atoms with E-state index in [2.05, 4.69) is 20.1 Å². The highest BCUT2D eigenvalue weighted by Gasteiger charge is 2.57. The maximum Gasteiger partial charge on any atom is 0.261 e. The van der Waals surface area contributed by atoms with Crippen molar-refractivity contribution in [2.45, 2.75) is 54.8 Å². The van der Waals surface area contributed by atoms with Crippen LogP contribution >= 0.6 is 11.8 Å². The van der Waals surface area contributed by atoms with Crippen molar-refractivity contribution in [3.8, 4) is 11.4 Å². The van der Waals surface area contributed by atoms with Gasteiger partial charge in [-0.25, -0.2) is 0 Å². The van der Waals surface area contributed by atoms with E-state index >= 15 is 0 Å². The Kier molecular flexibility index (Phi) is 4.57. The molecule has 3 aliphatic rings. The molecule has 0 saturated carbocycles. The number of aryl methyl sites for hydroxylation is 1. The number of para-hydroxylation sites is 1. The number of anilines is 2. The van der Waals surface area contributed by atoms with E-state index in [0.29, 0.717) is 18.5 Å². The Morgan fingerprint density at radius 2 is 1.84 bits per heavy atom. The minimum atomic E-state index is -0.913. The first kappa shape index (κ1) is 19.5. The second kappa shape index (κ2) is 7.48. The van der Waals surface area contributed by atoms with Crippen molar-refractivity contribution in [3.05, 3.63) is 54.4 Å². The summed E-state index contributed by atoms with van der Waals surface area (Å²) in [7, 11) is 0. The summed E-state index contributed by atoms with van der Waals surface area (Å²) in [6.07, 6.45) is 5.37. The molecule has 8 heteroatoms. The predicted octanol–water partition coefficient (Wildman–Crippen LogP) is 4.24. The summed E-state index contributed by atoms with van der Waals surface area (Å²) in [4.78, 5) is 27.8. The third-order valence-corrected chi connectivity index (χ3v) is 8.01. The van der Waals surface area contributed by atoms with Gasteiger partial charge < -0.3 is 9.88 Å². The van der Waals surface area contributed by atoms with Crippen molar-refractivity contribution < 1.29 is 9.59 Å². The van der Waals surface area contributed by atoms with Gasteiger partial charge in [-0.2, -0.15) is 0 Å². The first-order valence-corrected chi connectivity index (χ1v) is 11.9. The van der Waals surface area contributed by atoms with E-state index in [1.165, 1.54) is 18.2 Å². The summed E-state index contributed by atoms with van der Waals surface area (Å²) >= 11 is 1.48. The summed E-state index contributed by atoms with van der Waals surface area (Å²) in [5.41, 5.74) is 2.53. The molecule has 1 N–H and O–H groups in total. The van der Waals surface area contributed by atoms with Crippen molar-refractivity contribution in [1.82, 2.24) is 14.8 Å². The van der Waals surface area contributed by atoms with Crippen LogP contribution in [0.2, 0.25) is 0 Å². The van der Waals surface area contributed by atoms with Crippen LogP contribution in [0.1, 0.15) is 37.9 Å². The molecule has 2 amide bonds. The van der Waals surface area contributed by atoms with Gasteiger partial charge in [-0.05, 0) is 55.7 Å². The largest absolute Gasteiger partial charge is 0.323 e. The van der Waals surface area contributed by atoms with Gasteiger partial charge in [-0.1, -0.05) is 30.3 Å². The van der Waals surface area contributed by atoms with E-state index in [9.17, 15) is 9.59 Å². The van der Waals surface area contributed by atoms with Crippen molar-refractivity contribution in [3.63, 3.8) is 0 Å². The zero-order valence-corrected chi connectivity index (χ0v) is 18.4. The Morgan fingerprint density at radius 1 is 1.00 bits per heavy atom. The van der Waals surface area contributed by atoms with Crippen LogP contribution in [0, 0.1) is 0 Å². The van der Waals surface area contributed by atoms with Gasteiger partial charge in [0.2, 0.25) is 5.91 Å². The molecule has 0 radical (unpaired) electrons. The van der Waals surface area contributed by atoms with Crippen molar-refractivity contribution >= 4 is 35.0 Å². The first-order chi connectivity index (χ1) is 15.7. The van der Waals surface area contributed by atoms with Crippen LogP contribution in [-0.4, -0.2) is 31.4 Å². The monoisotopic (exact) mass is 445 g/mol. The number of hydrogen-bond acceptors (Lipinski definition) is 5. The number of hydrogen-bond donors (Lipinski definition) is 1. The lowest BCUT2D eigenvalue weighted by atomic mass is 10.1. The highest BCUT2D eigenvalue weighted by atomic mass is 32.2. The SMILES string of the molecule is O=C1CC[C@@]2(C(=O)Nc3ccc(-c4nnc5n4CCCCC5)cc3)Sc3ccccc3N12. The van der Waals surface area contributed by atoms with E-state index < -0.39 is 4.87 Å². The molecule has 3 aromatic rings. The van der Waals surface area contributed by atoms with Crippen LogP contribution in [0.3, 0.4) is 0 Å². The lowest BCUT2D eigenvalue weighted by Crippen LogP contribution is -2.49. The van der Waals surface area contributed by atoms with E-state index in [1.807, 2.05) is 48.5 Å². The van der Waals surface area contributed by atoms with Crippen molar-refractivity contribution in [2.75, 3.05) is 10.2 Å². The zero-order valence-electron chi connectivity index (χ0n) is 17.6. The van der Waals surface area contributed by atoms with Crippen LogP contribution in [0.15, 0.2) is 53.4 Å². The standard InChI is InChI=1S/C24H23N5O2S/c30-21-13-14-24(29(21)18-6-3-4-7-19(18)32-24)23(31)25-17-11-9-16(10-12-17)22-27-26-20-8-2-1-5-15-28(20)22/h3-4,6-7,9-12H,1-2,5,8,13-15H2,(H,25,31)/t24-/m0/s1. The summed E-state index contributed by atoms with van der Waals surface area (Å²) in [5, 5.41) is 11.8. The highest BCUT2D eigenvalue weighted by molar-refractivity contribution is 8.02. The molecule has 7 nitrogen and oxygen atoms in total. The number of aromatic nitrogens is 3. The number of carbonyl (C=O) groups is 2. The Balaban J connectivity index is 1.24. The molecule has 1 fully saturated rings. The lowest BCUT2D eigenvalue weighted by molar-refractivity contribution is -0.121. The van der Waals surface area contributed by atoms with Crippen LogP contribution in [0.4, 0.5) is 11.4 Å². The lowest BCUT2D eigenvalue weighted by Gasteiger charge is -2.29. The molecule has 0 unspecified atom stereocenters. The number of rotatable bonds is 3. The summed E-state index contributed by atoms with van der Waals surface area (Å²) < 4.78 is 2.22. The number of carbonyl (C=O) groups excluding carboxylic acids is 2. The fourth-order valence-corrected chi connectivity index (χ4v) is 6.34. The fourth-order valence-electron chi connectivity index (χ4n) is 4.93. The van der Waals surface area contributed by atoms with Crippen LogP contribution in [0.5, 0.6) is 0 Å². The maximum absolute atomic E-state index is 13.4. The van der Waals surface area contributed by atoms with E-state index in [0.717, 1.165) is 53.6 Å². The number of amides is 2. The molecular weight excluding hydrogens is 422 g/mol. The average Bonchev–Trinajstić information content (AvgIpc) is 3.41. The normalized spacial score (nSPS) is 21.6. The molecule has 0 spiro atoms. The summed E-state index contributed by atoms with van der Waals surface area (Å²) in [5.74, 6) is 1.78. The number of thioether (sulfide) groups is 1. The topological polar surface area (TPSA) is 80.1 Å². The van der Waals surface area contributed by atoms with Gasteiger partial charge in [-0.15, -0.1) is 10.2 Å². The van der Waals surface area contributed by atoms with Gasteiger partial charge >= 0.3 is 0 Å². The van der Waals surface area contributed by atoms with Gasteiger partial charge in [0.25, 0.3) is 5.91 Å². The van der Waals surface area contributed by atoms with E-state index in [1.54, 1.807) is 4.90 Å². The molecule has 4 heterocycles. The molecule has 32 heavy (non-hydrogen) atoms. The first-order valence-electron chi connectivity index (χ1n) is 11.1. The quantitative estimate of drug-likeness (QED) is 0.652. The number of benzene rings is 2. The molecule has 0 bridgehead atoms. The predicted molar refractivity (Wildman–Crippen MR) is 123 cm³/mol.